The van der Waals surface area contributed by atoms with Crippen molar-refractivity contribution in [2.75, 3.05) is 7.11 Å². The smallest absolute Gasteiger partial charge is 0.194 e. The lowest BCUT2D eigenvalue weighted by Crippen LogP contribution is -2.15. The summed E-state index contributed by atoms with van der Waals surface area (Å²) < 4.78 is 58.1. The van der Waals surface area contributed by atoms with Gasteiger partial charge in [0.05, 0.1) is 7.11 Å². The molecule has 0 aromatic heterocycles. The highest BCUT2D eigenvalue weighted by atomic mass is 19.2. The summed E-state index contributed by atoms with van der Waals surface area (Å²) in [6.07, 6.45) is -0.00640. The van der Waals surface area contributed by atoms with Crippen molar-refractivity contribution in [3.05, 3.63) is 64.7 Å². The second kappa shape index (κ2) is 6.13. The van der Waals surface area contributed by atoms with E-state index in [9.17, 15) is 17.6 Å². The molecule has 2 N–H and O–H groups in total. The van der Waals surface area contributed by atoms with Crippen molar-refractivity contribution in [3.8, 4) is 5.75 Å². The Hall–Kier alpha value is -2.08. The van der Waals surface area contributed by atoms with Gasteiger partial charge in [-0.2, -0.15) is 0 Å². The molecule has 0 bridgehead atoms. The largest absolute Gasteiger partial charge is 0.494 e. The van der Waals surface area contributed by atoms with Crippen molar-refractivity contribution in [2.24, 2.45) is 5.73 Å². The first-order chi connectivity index (χ1) is 9.93. The number of hydrogen-bond donors (Lipinski definition) is 1. The Balaban J connectivity index is 2.28. The number of hydrogen-bond acceptors (Lipinski definition) is 2. The van der Waals surface area contributed by atoms with E-state index in [1.54, 1.807) is 6.07 Å². The molecule has 0 spiro atoms. The second-order valence-electron chi connectivity index (χ2n) is 4.54. The lowest BCUT2D eigenvalue weighted by molar-refractivity contribution is 0.383. The number of rotatable bonds is 4. The highest BCUT2D eigenvalue weighted by molar-refractivity contribution is 5.33. The van der Waals surface area contributed by atoms with Gasteiger partial charge in [0.15, 0.2) is 29.0 Å². The van der Waals surface area contributed by atoms with Crippen molar-refractivity contribution in [1.82, 2.24) is 0 Å². The maximum absolute atomic E-state index is 14.0. The molecule has 0 fully saturated rings. The summed E-state index contributed by atoms with van der Waals surface area (Å²) >= 11 is 0. The zero-order valence-electron chi connectivity index (χ0n) is 11.2. The molecule has 2 aromatic rings. The summed E-state index contributed by atoms with van der Waals surface area (Å²) in [7, 11) is 1.33. The van der Waals surface area contributed by atoms with Crippen LogP contribution in [0.1, 0.15) is 17.2 Å². The third-order valence-corrected chi connectivity index (χ3v) is 3.14. The molecule has 0 saturated carbocycles. The molecule has 1 unspecified atom stereocenters. The van der Waals surface area contributed by atoms with Gasteiger partial charge in [0.2, 0.25) is 0 Å². The minimum atomic E-state index is -1.56. The Kier molecular flexibility index (Phi) is 4.47. The monoisotopic (exact) mass is 299 g/mol. The number of benzene rings is 2. The lowest BCUT2D eigenvalue weighted by atomic mass is 9.99. The fraction of sp³-hybridized carbons (Fsp3) is 0.200. The number of nitrogens with two attached hydrogens (primary N) is 1. The predicted molar refractivity (Wildman–Crippen MR) is 69.9 cm³/mol. The zero-order valence-corrected chi connectivity index (χ0v) is 11.2. The Morgan fingerprint density at radius 2 is 1.67 bits per heavy atom. The van der Waals surface area contributed by atoms with E-state index in [0.717, 1.165) is 12.1 Å². The summed E-state index contributed by atoms with van der Waals surface area (Å²) in [4.78, 5) is 0. The van der Waals surface area contributed by atoms with E-state index >= 15 is 0 Å². The van der Waals surface area contributed by atoms with Crippen LogP contribution >= 0.6 is 0 Å². The van der Waals surface area contributed by atoms with E-state index in [-0.39, 0.29) is 23.3 Å². The highest BCUT2D eigenvalue weighted by Crippen LogP contribution is 2.25. The number of halogens is 4. The van der Waals surface area contributed by atoms with Gasteiger partial charge in [0.1, 0.15) is 0 Å². The molecular formula is C15H13F4NO. The maximum atomic E-state index is 14.0. The molecule has 2 rings (SSSR count). The second-order valence-corrected chi connectivity index (χ2v) is 4.54. The van der Waals surface area contributed by atoms with Crippen LogP contribution in [0, 0.1) is 23.3 Å². The first kappa shape index (κ1) is 15.3. The summed E-state index contributed by atoms with van der Waals surface area (Å²) in [5, 5.41) is 0. The van der Waals surface area contributed by atoms with Gasteiger partial charge < -0.3 is 10.5 Å². The van der Waals surface area contributed by atoms with Crippen molar-refractivity contribution in [1.29, 1.82) is 0 Å². The summed E-state index contributed by atoms with van der Waals surface area (Å²) in [6.45, 7) is 0. The predicted octanol–water partition coefficient (Wildman–Crippen LogP) is 3.49. The van der Waals surface area contributed by atoms with Crippen LogP contribution in [0.4, 0.5) is 17.6 Å². The Labute approximate surface area is 119 Å². The topological polar surface area (TPSA) is 35.2 Å². The molecule has 0 saturated heterocycles. The fourth-order valence-corrected chi connectivity index (χ4v) is 2.02. The van der Waals surface area contributed by atoms with Gasteiger partial charge in [-0.15, -0.1) is 0 Å². The lowest BCUT2D eigenvalue weighted by Gasteiger charge is -2.14. The van der Waals surface area contributed by atoms with E-state index in [1.165, 1.54) is 19.2 Å². The maximum Gasteiger partial charge on any atom is 0.194 e. The van der Waals surface area contributed by atoms with Crippen LogP contribution in [0.25, 0.3) is 0 Å². The van der Waals surface area contributed by atoms with Crippen molar-refractivity contribution < 1.29 is 22.3 Å². The Bertz CT molecular complexity index is 637. The molecule has 0 aliphatic carbocycles. The molecule has 0 aliphatic rings. The minimum absolute atomic E-state index is 0.00640. The molecule has 0 aliphatic heterocycles. The van der Waals surface area contributed by atoms with Gasteiger partial charge in [-0.1, -0.05) is 12.1 Å². The van der Waals surface area contributed by atoms with Crippen LogP contribution < -0.4 is 10.5 Å². The highest BCUT2D eigenvalue weighted by Gasteiger charge is 2.17. The average Bonchev–Trinajstić information content (AvgIpc) is 2.46. The molecular weight excluding hydrogens is 286 g/mol. The first-order valence-electron chi connectivity index (χ1n) is 6.15. The van der Waals surface area contributed by atoms with Gasteiger partial charge in [0, 0.05) is 6.04 Å². The van der Waals surface area contributed by atoms with Gasteiger partial charge in [-0.25, -0.2) is 17.6 Å². The molecule has 0 heterocycles. The molecule has 2 nitrogen and oxygen atoms in total. The van der Waals surface area contributed by atoms with Crippen molar-refractivity contribution in [3.63, 3.8) is 0 Å². The van der Waals surface area contributed by atoms with E-state index in [2.05, 4.69) is 0 Å². The quantitative estimate of drug-likeness (QED) is 0.693. The van der Waals surface area contributed by atoms with Crippen LogP contribution in [-0.2, 0) is 6.42 Å². The SMILES string of the molecule is COc1cccc(CC(N)c2cc(F)c(F)c(F)c2)c1F. The molecule has 112 valence electrons. The van der Waals surface area contributed by atoms with E-state index in [1.807, 2.05) is 0 Å². The van der Waals surface area contributed by atoms with Gasteiger partial charge >= 0.3 is 0 Å². The summed E-state index contributed by atoms with van der Waals surface area (Å²) in [5.74, 6) is -4.74. The molecule has 1 atom stereocenters. The summed E-state index contributed by atoms with van der Waals surface area (Å²) in [6, 6.07) is 5.25. The van der Waals surface area contributed by atoms with Crippen molar-refractivity contribution >= 4 is 0 Å². The third kappa shape index (κ3) is 3.16. The Morgan fingerprint density at radius 1 is 1.05 bits per heavy atom. The van der Waals surface area contributed by atoms with Crippen molar-refractivity contribution in [2.45, 2.75) is 12.5 Å². The van der Waals surface area contributed by atoms with Crippen LogP contribution in [-0.4, -0.2) is 7.11 Å². The van der Waals surface area contributed by atoms with E-state index in [4.69, 9.17) is 10.5 Å². The molecule has 2 aromatic carbocycles. The zero-order chi connectivity index (χ0) is 15.6. The van der Waals surface area contributed by atoms with Crippen LogP contribution in [0.5, 0.6) is 5.75 Å². The van der Waals surface area contributed by atoms with E-state index < -0.39 is 29.3 Å². The minimum Gasteiger partial charge on any atom is -0.494 e. The van der Waals surface area contributed by atoms with Gasteiger partial charge in [-0.3, -0.25) is 0 Å². The van der Waals surface area contributed by atoms with Crippen LogP contribution in [0.15, 0.2) is 30.3 Å². The summed E-state index contributed by atoms with van der Waals surface area (Å²) in [5.41, 5.74) is 6.10. The van der Waals surface area contributed by atoms with Crippen LogP contribution in [0.3, 0.4) is 0 Å². The fourth-order valence-electron chi connectivity index (χ4n) is 2.02. The van der Waals surface area contributed by atoms with Gasteiger partial charge in [-0.05, 0) is 35.7 Å². The normalized spacial score (nSPS) is 12.3. The first-order valence-corrected chi connectivity index (χ1v) is 6.15. The third-order valence-electron chi connectivity index (χ3n) is 3.14. The molecule has 0 amide bonds. The van der Waals surface area contributed by atoms with E-state index in [0.29, 0.717) is 0 Å². The van der Waals surface area contributed by atoms with Gasteiger partial charge in [0.25, 0.3) is 0 Å². The molecule has 0 radical (unpaired) electrons. The number of ether oxygens (including phenoxy) is 1. The molecule has 6 heteroatoms. The number of methoxy groups -OCH3 is 1. The standard InChI is InChI=1S/C15H13F4NO/c1-21-13-4-2-3-8(14(13)18)7-12(20)9-5-10(16)15(19)11(17)6-9/h2-6,12H,7,20H2,1H3. The van der Waals surface area contributed by atoms with Crippen LogP contribution in [0.2, 0.25) is 0 Å². The average molecular weight is 299 g/mol. The Morgan fingerprint density at radius 3 is 2.24 bits per heavy atom. The molecule has 21 heavy (non-hydrogen) atoms.